The first kappa shape index (κ1) is 22.4. The Morgan fingerprint density at radius 2 is 1.56 bits per heavy atom. The van der Waals surface area contributed by atoms with E-state index in [1.54, 1.807) is 7.11 Å². The van der Waals surface area contributed by atoms with Gasteiger partial charge in [0.2, 0.25) is 11.8 Å². The van der Waals surface area contributed by atoms with E-state index in [0.29, 0.717) is 32.6 Å². The second-order valence-corrected chi connectivity index (χ2v) is 10.1. The van der Waals surface area contributed by atoms with Crippen LogP contribution in [0.1, 0.15) is 50.3 Å². The molecule has 5 nitrogen and oxygen atoms in total. The molecule has 0 N–H and O–H groups in total. The number of rotatable bonds is 5. The minimum absolute atomic E-state index is 0.101. The van der Waals surface area contributed by atoms with Crippen molar-refractivity contribution in [1.29, 1.82) is 0 Å². The highest BCUT2D eigenvalue weighted by Gasteiger charge is 2.53. The van der Waals surface area contributed by atoms with Crippen LogP contribution < -0.4 is 4.74 Å². The summed E-state index contributed by atoms with van der Waals surface area (Å²) in [4.78, 5) is 30.0. The Morgan fingerprint density at radius 3 is 2.12 bits per heavy atom. The molecule has 0 unspecified atom stereocenters. The first-order valence-corrected chi connectivity index (χ1v) is 11.5. The third-order valence-corrected chi connectivity index (χ3v) is 6.87. The molecule has 2 aliphatic rings. The van der Waals surface area contributed by atoms with Gasteiger partial charge in [-0.1, -0.05) is 57.2 Å². The lowest BCUT2D eigenvalue weighted by Crippen LogP contribution is -2.53. The van der Waals surface area contributed by atoms with Crippen LogP contribution in [0.2, 0.25) is 0 Å². The molecule has 5 heteroatoms. The van der Waals surface area contributed by atoms with Gasteiger partial charge in [0.15, 0.2) is 0 Å². The van der Waals surface area contributed by atoms with Crippen LogP contribution in [-0.4, -0.2) is 54.9 Å². The van der Waals surface area contributed by atoms with Crippen molar-refractivity contribution in [3.63, 3.8) is 0 Å². The third-order valence-electron chi connectivity index (χ3n) is 6.87. The zero-order valence-corrected chi connectivity index (χ0v) is 19.7. The minimum atomic E-state index is -0.358. The van der Waals surface area contributed by atoms with Gasteiger partial charge >= 0.3 is 0 Å². The Morgan fingerprint density at radius 1 is 0.938 bits per heavy atom. The van der Waals surface area contributed by atoms with E-state index >= 15 is 0 Å². The molecule has 2 aromatic carbocycles. The van der Waals surface area contributed by atoms with Gasteiger partial charge in [0.05, 0.1) is 18.9 Å². The van der Waals surface area contributed by atoms with Gasteiger partial charge in [-0.05, 0) is 47.1 Å². The Bertz CT molecular complexity index is 979. The fourth-order valence-corrected chi connectivity index (χ4v) is 4.57. The molecule has 2 amide bonds. The van der Waals surface area contributed by atoms with Crippen LogP contribution >= 0.6 is 0 Å². The molecule has 4 rings (SSSR count). The van der Waals surface area contributed by atoms with Gasteiger partial charge in [-0.25, -0.2) is 0 Å². The molecule has 0 aromatic heterocycles. The summed E-state index contributed by atoms with van der Waals surface area (Å²) in [6.07, 6.45) is 2.18. The number of piperazine rings is 1. The van der Waals surface area contributed by atoms with E-state index in [1.807, 2.05) is 34.1 Å². The first-order chi connectivity index (χ1) is 15.2. The van der Waals surface area contributed by atoms with Gasteiger partial charge in [0, 0.05) is 26.2 Å². The topological polar surface area (TPSA) is 49.9 Å². The summed E-state index contributed by atoms with van der Waals surface area (Å²) in [6.45, 7) is 9.00. The monoisotopic (exact) mass is 434 g/mol. The van der Waals surface area contributed by atoms with Crippen molar-refractivity contribution in [3.05, 3.63) is 65.2 Å². The number of hydrogen-bond acceptors (Lipinski definition) is 3. The second-order valence-electron chi connectivity index (χ2n) is 10.1. The largest absolute Gasteiger partial charge is 0.497 e. The highest BCUT2D eigenvalue weighted by Crippen LogP contribution is 2.50. The number of hydrogen-bond donors (Lipinski definition) is 0. The summed E-state index contributed by atoms with van der Waals surface area (Å²) in [6, 6.07) is 16.2. The van der Waals surface area contributed by atoms with Crippen LogP contribution in [0.5, 0.6) is 5.75 Å². The first-order valence-electron chi connectivity index (χ1n) is 11.5. The molecule has 1 saturated carbocycles. The zero-order valence-electron chi connectivity index (χ0n) is 19.7. The van der Waals surface area contributed by atoms with Gasteiger partial charge in [-0.3, -0.25) is 9.59 Å². The highest BCUT2D eigenvalue weighted by molar-refractivity contribution is 5.91. The number of amides is 2. The van der Waals surface area contributed by atoms with Gasteiger partial charge in [-0.15, -0.1) is 0 Å². The van der Waals surface area contributed by atoms with Crippen molar-refractivity contribution in [2.45, 2.75) is 50.9 Å². The molecule has 0 atom stereocenters. The van der Waals surface area contributed by atoms with Crippen molar-refractivity contribution in [3.8, 4) is 5.75 Å². The standard InChI is InChI=1S/C27H34N2O3/c1-26(2,3)21-8-10-22(11-9-21)27(12-13-27)25(31)29-16-14-28(15-17-29)24(30)19-20-6-5-7-23(18-20)32-4/h5-11,18H,12-17,19H2,1-4H3. The molecule has 1 aliphatic heterocycles. The van der Waals surface area contributed by atoms with Crippen LogP contribution in [0.15, 0.2) is 48.5 Å². The average Bonchev–Trinajstić information content (AvgIpc) is 3.60. The zero-order chi connectivity index (χ0) is 22.9. The lowest BCUT2D eigenvalue weighted by Gasteiger charge is -2.37. The molecule has 1 saturated heterocycles. The van der Waals surface area contributed by atoms with Gasteiger partial charge in [-0.2, -0.15) is 0 Å². The summed E-state index contributed by atoms with van der Waals surface area (Å²) in [5, 5.41) is 0. The molecule has 0 spiro atoms. The number of carbonyl (C=O) groups is 2. The molecule has 32 heavy (non-hydrogen) atoms. The molecule has 0 radical (unpaired) electrons. The fourth-order valence-electron chi connectivity index (χ4n) is 4.57. The molecule has 1 heterocycles. The quantitative estimate of drug-likeness (QED) is 0.716. The summed E-state index contributed by atoms with van der Waals surface area (Å²) >= 11 is 0. The maximum Gasteiger partial charge on any atom is 0.233 e. The van der Waals surface area contributed by atoms with Crippen LogP contribution in [0.25, 0.3) is 0 Å². The number of carbonyl (C=O) groups excluding carboxylic acids is 2. The minimum Gasteiger partial charge on any atom is -0.497 e. The van der Waals surface area contributed by atoms with Gasteiger partial charge < -0.3 is 14.5 Å². The van der Waals surface area contributed by atoms with Crippen LogP contribution in [-0.2, 0) is 26.8 Å². The van der Waals surface area contributed by atoms with Crippen LogP contribution in [0.3, 0.4) is 0 Å². The van der Waals surface area contributed by atoms with Crippen molar-refractivity contribution in [2.75, 3.05) is 33.3 Å². The predicted octanol–water partition coefficient (Wildman–Crippen LogP) is 3.94. The molecule has 2 fully saturated rings. The maximum absolute atomic E-state index is 13.4. The van der Waals surface area contributed by atoms with E-state index in [2.05, 4.69) is 45.0 Å². The van der Waals surface area contributed by atoms with Gasteiger partial charge in [0.25, 0.3) is 0 Å². The number of benzene rings is 2. The number of ether oxygens (including phenoxy) is 1. The molecule has 2 aromatic rings. The number of methoxy groups -OCH3 is 1. The smallest absolute Gasteiger partial charge is 0.233 e. The fraction of sp³-hybridized carbons (Fsp3) is 0.481. The van der Waals surface area contributed by atoms with Crippen molar-refractivity contribution in [1.82, 2.24) is 9.80 Å². The average molecular weight is 435 g/mol. The van der Waals surface area contributed by atoms with E-state index in [1.165, 1.54) is 5.56 Å². The highest BCUT2D eigenvalue weighted by atomic mass is 16.5. The Hall–Kier alpha value is -2.82. The molecule has 0 bridgehead atoms. The Labute approximate surface area is 191 Å². The number of nitrogens with zero attached hydrogens (tertiary/aromatic N) is 2. The lowest BCUT2D eigenvalue weighted by atomic mass is 9.84. The van der Waals surface area contributed by atoms with Crippen molar-refractivity contribution < 1.29 is 14.3 Å². The van der Waals surface area contributed by atoms with Crippen LogP contribution in [0.4, 0.5) is 0 Å². The third kappa shape index (κ3) is 4.52. The van der Waals surface area contributed by atoms with E-state index < -0.39 is 0 Å². The molecular formula is C27H34N2O3. The van der Waals surface area contributed by atoms with Gasteiger partial charge in [0.1, 0.15) is 5.75 Å². The predicted molar refractivity (Wildman–Crippen MR) is 126 cm³/mol. The SMILES string of the molecule is COc1cccc(CC(=O)N2CCN(C(=O)C3(c4ccc(C(C)(C)C)cc4)CC3)CC2)c1. The van der Waals surface area contributed by atoms with E-state index in [0.717, 1.165) is 29.7 Å². The normalized spacial score (nSPS) is 17.8. The van der Waals surface area contributed by atoms with Crippen molar-refractivity contribution in [2.24, 2.45) is 0 Å². The molecule has 1 aliphatic carbocycles. The summed E-state index contributed by atoms with van der Waals surface area (Å²) in [5.41, 5.74) is 3.11. The van der Waals surface area contributed by atoms with Crippen molar-refractivity contribution >= 4 is 11.8 Å². The second kappa shape index (κ2) is 8.61. The Balaban J connectivity index is 1.35. The summed E-state index contributed by atoms with van der Waals surface area (Å²) in [7, 11) is 1.63. The maximum atomic E-state index is 13.4. The van der Waals surface area contributed by atoms with Crippen LogP contribution in [0, 0.1) is 0 Å². The lowest BCUT2D eigenvalue weighted by molar-refractivity contribution is -0.140. The van der Waals surface area contributed by atoms with E-state index in [9.17, 15) is 9.59 Å². The molecule has 170 valence electrons. The Kier molecular flexibility index (Phi) is 6.02. The van der Waals surface area contributed by atoms with E-state index in [4.69, 9.17) is 4.74 Å². The summed E-state index contributed by atoms with van der Waals surface area (Å²) in [5.74, 6) is 1.08. The van der Waals surface area contributed by atoms with E-state index in [-0.39, 0.29) is 22.6 Å². The molecular weight excluding hydrogens is 400 g/mol. The summed E-state index contributed by atoms with van der Waals surface area (Å²) < 4.78 is 5.25.